The second kappa shape index (κ2) is 16.0. The van der Waals surface area contributed by atoms with Gasteiger partial charge in [-0.2, -0.15) is 0 Å². The smallest absolute Gasteiger partial charge is 0.309 e. The Hall–Kier alpha value is -2.56. The van der Waals surface area contributed by atoms with Crippen LogP contribution in [-0.4, -0.2) is 26.4 Å². The highest BCUT2D eigenvalue weighted by atomic mass is 31.2. The Labute approximate surface area is 239 Å². The third kappa shape index (κ3) is 9.52. The molecular formula is C32H40O6P2. The van der Waals surface area contributed by atoms with Gasteiger partial charge >= 0.3 is 15.2 Å². The molecule has 8 heteroatoms. The summed E-state index contributed by atoms with van der Waals surface area (Å²) in [5.74, 6) is 0. The Kier molecular flexibility index (Phi) is 12.8. The van der Waals surface area contributed by atoms with Gasteiger partial charge in [-0.05, 0) is 61.1 Å². The largest absolute Gasteiger partial charge is 0.335 e. The first-order chi connectivity index (χ1) is 19.3. The molecule has 0 aliphatic rings. The third-order valence-corrected chi connectivity index (χ3v) is 10.1. The molecular weight excluding hydrogens is 542 g/mol. The topological polar surface area (TPSA) is 71.1 Å². The van der Waals surface area contributed by atoms with E-state index in [-0.39, 0.29) is 12.3 Å². The predicted molar refractivity (Wildman–Crippen MR) is 166 cm³/mol. The van der Waals surface area contributed by atoms with E-state index in [2.05, 4.69) is 12.2 Å². The van der Waals surface area contributed by atoms with Crippen LogP contribution in [0.15, 0.2) is 72.8 Å². The van der Waals surface area contributed by atoms with Crippen molar-refractivity contribution in [2.45, 2.75) is 40.0 Å². The van der Waals surface area contributed by atoms with Crippen molar-refractivity contribution in [3.05, 3.63) is 106 Å². The first-order valence-corrected chi connectivity index (χ1v) is 17.2. The van der Waals surface area contributed by atoms with E-state index in [1.807, 2.05) is 113 Å². The van der Waals surface area contributed by atoms with Crippen molar-refractivity contribution in [1.82, 2.24) is 0 Å². The average Bonchev–Trinajstić information content (AvgIpc) is 2.93. The van der Waals surface area contributed by atoms with Gasteiger partial charge in [0.1, 0.15) is 0 Å². The zero-order chi connectivity index (χ0) is 28.8. The van der Waals surface area contributed by atoms with Gasteiger partial charge in [-0.25, -0.2) is 0 Å². The standard InChI is InChI=1S/C32H40O6P2/c1-5-35-39(33,36-6-2)25-31-19-13-11-17-29(31)23-21-27-15-9-10-16-28(27)22-24-30-18-12-14-20-32(30)26-40(34,37-7-3)38-8-4/h9-24H,5-8,25-26H2,1-4H3/b23-21+,24-22+. The number of hydrogen-bond acceptors (Lipinski definition) is 6. The van der Waals surface area contributed by atoms with Gasteiger partial charge < -0.3 is 18.1 Å². The maximum absolute atomic E-state index is 13.2. The van der Waals surface area contributed by atoms with E-state index in [4.69, 9.17) is 18.1 Å². The van der Waals surface area contributed by atoms with Gasteiger partial charge in [-0.15, -0.1) is 0 Å². The van der Waals surface area contributed by atoms with Crippen LogP contribution >= 0.6 is 15.2 Å². The van der Waals surface area contributed by atoms with Crippen molar-refractivity contribution in [2.24, 2.45) is 0 Å². The van der Waals surface area contributed by atoms with Crippen LogP contribution < -0.4 is 0 Å². The number of benzene rings is 3. The van der Waals surface area contributed by atoms with Crippen molar-refractivity contribution in [1.29, 1.82) is 0 Å². The first kappa shape index (κ1) is 32.0. The minimum absolute atomic E-state index is 0.209. The molecule has 0 saturated carbocycles. The number of rotatable bonds is 16. The molecule has 0 saturated heterocycles. The summed E-state index contributed by atoms with van der Waals surface area (Å²) in [5.41, 5.74) is 5.76. The molecule has 0 aliphatic carbocycles. The fourth-order valence-electron chi connectivity index (χ4n) is 4.32. The highest BCUT2D eigenvalue weighted by Gasteiger charge is 2.26. The molecule has 0 amide bonds. The number of hydrogen-bond donors (Lipinski definition) is 0. The Balaban J connectivity index is 1.87. The molecule has 3 rings (SSSR count). The van der Waals surface area contributed by atoms with Gasteiger partial charge in [-0.3, -0.25) is 9.13 Å². The Morgan fingerprint density at radius 1 is 0.475 bits per heavy atom. The molecule has 3 aromatic rings. The molecule has 0 fully saturated rings. The lowest BCUT2D eigenvalue weighted by molar-refractivity contribution is 0.218. The van der Waals surface area contributed by atoms with E-state index in [0.717, 1.165) is 33.4 Å². The summed E-state index contributed by atoms with van der Waals surface area (Å²) in [6.45, 7) is 8.57. The van der Waals surface area contributed by atoms with Crippen molar-refractivity contribution in [2.75, 3.05) is 26.4 Å². The van der Waals surface area contributed by atoms with Crippen molar-refractivity contribution >= 4 is 39.5 Å². The normalized spacial score (nSPS) is 12.5. The molecule has 0 heterocycles. The molecule has 0 atom stereocenters. The van der Waals surface area contributed by atoms with Crippen molar-refractivity contribution in [3.63, 3.8) is 0 Å². The second-order valence-corrected chi connectivity index (χ2v) is 13.0. The minimum atomic E-state index is -3.23. The summed E-state index contributed by atoms with van der Waals surface area (Å²) >= 11 is 0. The summed E-state index contributed by atoms with van der Waals surface area (Å²) in [7, 11) is -6.46. The van der Waals surface area contributed by atoms with Crippen molar-refractivity contribution in [3.8, 4) is 0 Å². The van der Waals surface area contributed by atoms with E-state index in [1.165, 1.54) is 0 Å². The molecule has 3 aromatic carbocycles. The summed E-state index contributed by atoms with van der Waals surface area (Å²) in [6.07, 6.45) is 8.57. The van der Waals surface area contributed by atoms with Gasteiger partial charge in [0.25, 0.3) is 0 Å². The van der Waals surface area contributed by atoms with Gasteiger partial charge in [0.05, 0.1) is 38.8 Å². The van der Waals surface area contributed by atoms with Crippen LogP contribution in [-0.2, 0) is 39.5 Å². The van der Waals surface area contributed by atoms with Gasteiger partial charge in [-0.1, -0.05) is 97.1 Å². The predicted octanol–water partition coefficient (Wildman–Crippen LogP) is 9.56. The maximum Gasteiger partial charge on any atom is 0.335 e. The summed E-state index contributed by atoms with van der Waals surface area (Å²) in [5, 5.41) is 0. The lowest BCUT2D eigenvalue weighted by atomic mass is 10.0. The van der Waals surface area contributed by atoms with Crippen LogP contribution in [0.5, 0.6) is 0 Å². The molecule has 6 nitrogen and oxygen atoms in total. The molecule has 0 radical (unpaired) electrons. The van der Waals surface area contributed by atoms with Crippen LogP contribution in [0.3, 0.4) is 0 Å². The molecule has 0 spiro atoms. The van der Waals surface area contributed by atoms with E-state index < -0.39 is 15.2 Å². The van der Waals surface area contributed by atoms with Gasteiger partial charge in [0.2, 0.25) is 0 Å². The van der Waals surface area contributed by atoms with Crippen LogP contribution in [0.25, 0.3) is 24.3 Å². The summed E-state index contributed by atoms with van der Waals surface area (Å²) in [6, 6.07) is 23.8. The van der Waals surface area contributed by atoms with Crippen molar-refractivity contribution < 1.29 is 27.2 Å². The zero-order valence-electron chi connectivity index (χ0n) is 23.8. The zero-order valence-corrected chi connectivity index (χ0v) is 25.6. The molecule has 0 unspecified atom stereocenters. The van der Waals surface area contributed by atoms with E-state index >= 15 is 0 Å². The fraction of sp³-hybridized carbons (Fsp3) is 0.312. The fourth-order valence-corrected chi connectivity index (χ4v) is 7.81. The lowest BCUT2D eigenvalue weighted by Gasteiger charge is -2.18. The molecule has 0 aromatic heterocycles. The summed E-state index contributed by atoms with van der Waals surface area (Å²) < 4.78 is 48.4. The lowest BCUT2D eigenvalue weighted by Crippen LogP contribution is -2.00. The Morgan fingerprint density at radius 2 is 0.750 bits per heavy atom. The van der Waals surface area contributed by atoms with E-state index in [0.29, 0.717) is 26.4 Å². The minimum Gasteiger partial charge on any atom is -0.309 e. The molecule has 40 heavy (non-hydrogen) atoms. The highest BCUT2D eigenvalue weighted by molar-refractivity contribution is 7.53. The van der Waals surface area contributed by atoms with Crippen LogP contribution in [0.1, 0.15) is 61.1 Å². The Morgan fingerprint density at radius 3 is 1.07 bits per heavy atom. The first-order valence-electron chi connectivity index (χ1n) is 13.7. The Bertz CT molecular complexity index is 1260. The molecule has 0 bridgehead atoms. The third-order valence-electron chi connectivity index (χ3n) is 6.02. The highest BCUT2D eigenvalue weighted by Crippen LogP contribution is 2.52. The van der Waals surface area contributed by atoms with Crippen LogP contribution in [0.2, 0.25) is 0 Å². The maximum atomic E-state index is 13.2. The molecule has 0 N–H and O–H groups in total. The summed E-state index contributed by atoms with van der Waals surface area (Å²) in [4.78, 5) is 0. The van der Waals surface area contributed by atoms with Gasteiger partial charge in [0.15, 0.2) is 0 Å². The van der Waals surface area contributed by atoms with Gasteiger partial charge in [0, 0.05) is 0 Å². The quantitative estimate of drug-likeness (QED) is 0.124. The van der Waals surface area contributed by atoms with Crippen LogP contribution in [0, 0.1) is 0 Å². The van der Waals surface area contributed by atoms with E-state index in [1.54, 1.807) is 0 Å². The molecule has 0 aliphatic heterocycles. The van der Waals surface area contributed by atoms with E-state index in [9.17, 15) is 9.13 Å². The average molecular weight is 583 g/mol. The monoisotopic (exact) mass is 582 g/mol. The van der Waals surface area contributed by atoms with Crippen LogP contribution in [0.4, 0.5) is 0 Å². The second-order valence-electron chi connectivity index (χ2n) is 8.90. The molecule has 214 valence electrons. The SMILES string of the molecule is CCOP(=O)(Cc1ccccc1/C=C/c1ccccc1/C=C/c1ccccc1CP(=O)(OCC)OCC)OCC.